The fraction of sp³-hybridized carbons (Fsp3) is 0. The zero-order valence-corrected chi connectivity index (χ0v) is 14.3. The molecule has 0 bridgehead atoms. The molecule has 0 fully saturated rings. The van der Waals surface area contributed by atoms with Crippen LogP contribution in [0.25, 0.3) is 0 Å². The van der Waals surface area contributed by atoms with Crippen LogP contribution < -0.4 is 5.32 Å². The third kappa shape index (κ3) is 4.11. The minimum atomic E-state index is -0.643. The van der Waals surface area contributed by atoms with Crippen molar-refractivity contribution in [3.63, 3.8) is 0 Å². The van der Waals surface area contributed by atoms with E-state index in [1.54, 1.807) is 24.3 Å². The Balaban J connectivity index is 1.71. The summed E-state index contributed by atoms with van der Waals surface area (Å²) >= 11 is 0. The number of amides is 1. The Kier molecular flexibility index (Phi) is 5.28. The van der Waals surface area contributed by atoms with Crippen molar-refractivity contribution in [3.8, 4) is 6.07 Å². The number of nitrogens with one attached hydrogen (secondary N) is 3. The molecular weight excluding hydrogens is 363 g/mol. The summed E-state index contributed by atoms with van der Waals surface area (Å²) in [5, 5.41) is 27.1. The second kappa shape index (κ2) is 7.97. The van der Waals surface area contributed by atoms with Crippen LogP contribution in [-0.4, -0.2) is 17.7 Å². The van der Waals surface area contributed by atoms with Gasteiger partial charge in [0.15, 0.2) is 5.76 Å². The van der Waals surface area contributed by atoms with Gasteiger partial charge in [-0.2, -0.15) is 5.26 Å². The number of benzene rings is 2. The third-order valence-corrected chi connectivity index (χ3v) is 3.66. The van der Waals surface area contributed by atoms with Crippen LogP contribution in [0, 0.1) is 28.0 Å². The van der Waals surface area contributed by atoms with Crippen LogP contribution in [0.3, 0.4) is 0 Å². The first-order chi connectivity index (χ1) is 13.5. The Morgan fingerprint density at radius 2 is 1.89 bits per heavy atom. The number of nitrogens with zero attached hydrogens (tertiary/aromatic N) is 1. The summed E-state index contributed by atoms with van der Waals surface area (Å²) in [6.45, 7) is 0. The number of carbonyl (C=O) groups is 1. The Labute approximate surface area is 159 Å². The summed E-state index contributed by atoms with van der Waals surface area (Å²) in [5.41, 5.74) is 0.735. The van der Waals surface area contributed by atoms with Crippen LogP contribution in [0.15, 0.2) is 65.3 Å². The van der Waals surface area contributed by atoms with Gasteiger partial charge in [0.2, 0.25) is 5.90 Å². The third-order valence-electron chi connectivity index (χ3n) is 3.66. The molecule has 3 N–H and O–H groups in total. The quantitative estimate of drug-likeness (QED) is 0.472. The SMILES string of the molecule is N#Cc1coc(C(=N)OC(=N)c2cccc(NC(=O)c3ccccc3F)c2)c1. The molecule has 0 spiro atoms. The molecule has 3 rings (SSSR count). The van der Waals surface area contributed by atoms with Crippen LogP contribution in [-0.2, 0) is 4.74 Å². The molecule has 1 heterocycles. The highest BCUT2D eigenvalue weighted by molar-refractivity contribution is 6.06. The number of anilines is 1. The van der Waals surface area contributed by atoms with Gasteiger partial charge >= 0.3 is 0 Å². The molecule has 0 aliphatic heterocycles. The van der Waals surface area contributed by atoms with Crippen LogP contribution in [0.4, 0.5) is 10.1 Å². The second-order valence-corrected chi connectivity index (χ2v) is 5.59. The number of hydrogen-bond donors (Lipinski definition) is 3. The number of furan rings is 1. The molecule has 3 aromatic rings. The fourth-order valence-corrected chi connectivity index (χ4v) is 2.31. The van der Waals surface area contributed by atoms with E-state index >= 15 is 0 Å². The lowest BCUT2D eigenvalue weighted by Crippen LogP contribution is -2.15. The normalized spacial score (nSPS) is 10.0. The van der Waals surface area contributed by atoms with Crippen molar-refractivity contribution < 1.29 is 18.3 Å². The predicted octanol–water partition coefficient (Wildman–Crippen LogP) is 3.91. The van der Waals surface area contributed by atoms with Crippen molar-refractivity contribution in [2.45, 2.75) is 0 Å². The molecular formula is C20H13FN4O3. The lowest BCUT2D eigenvalue weighted by molar-refractivity contribution is 0.102. The highest BCUT2D eigenvalue weighted by Crippen LogP contribution is 2.16. The van der Waals surface area contributed by atoms with Gasteiger partial charge in [-0.1, -0.05) is 18.2 Å². The number of nitriles is 1. The highest BCUT2D eigenvalue weighted by atomic mass is 19.1. The Hall–Kier alpha value is -4.25. The molecule has 0 aliphatic rings. The molecule has 0 atom stereocenters. The van der Waals surface area contributed by atoms with Gasteiger partial charge in [0, 0.05) is 17.3 Å². The van der Waals surface area contributed by atoms with Gasteiger partial charge in [-0.3, -0.25) is 15.6 Å². The van der Waals surface area contributed by atoms with E-state index in [4.69, 9.17) is 25.2 Å². The summed E-state index contributed by atoms with van der Waals surface area (Å²) in [6.07, 6.45) is 1.18. The maximum absolute atomic E-state index is 13.7. The van der Waals surface area contributed by atoms with Gasteiger partial charge in [0.25, 0.3) is 11.8 Å². The molecule has 28 heavy (non-hydrogen) atoms. The number of hydrogen-bond acceptors (Lipinski definition) is 6. The van der Waals surface area contributed by atoms with E-state index in [0.717, 1.165) is 0 Å². The maximum Gasteiger partial charge on any atom is 0.258 e. The molecule has 8 heteroatoms. The van der Waals surface area contributed by atoms with E-state index in [2.05, 4.69) is 5.32 Å². The lowest BCUT2D eigenvalue weighted by Gasteiger charge is -2.09. The molecule has 1 amide bonds. The van der Waals surface area contributed by atoms with Crippen molar-refractivity contribution in [1.82, 2.24) is 0 Å². The van der Waals surface area contributed by atoms with E-state index in [-0.39, 0.29) is 28.3 Å². The van der Waals surface area contributed by atoms with Gasteiger partial charge in [0.1, 0.15) is 18.1 Å². The molecule has 0 unspecified atom stereocenters. The van der Waals surface area contributed by atoms with Gasteiger partial charge in [0.05, 0.1) is 11.1 Å². The van der Waals surface area contributed by atoms with E-state index in [9.17, 15) is 9.18 Å². The first kappa shape index (κ1) is 18.5. The minimum absolute atomic E-state index is 0.00492. The van der Waals surface area contributed by atoms with Crippen LogP contribution in [0.2, 0.25) is 0 Å². The summed E-state index contributed by atoms with van der Waals surface area (Å²) in [5.74, 6) is -2.06. The zero-order valence-electron chi connectivity index (χ0n) is 14.3. The monoisotopic (exact) mass is 376 g/mol. The summed E-state index contributed by atoms with van der Waals surface area (Å²) < 4.78 is 23.9. The van der Waals surface area contributed by atoms with Crippen molar-refractivity contribution in [2.24, 2.45) is 0 Å². The number of carbonyl (C=O) groups excluding carboxylic acids is 1. The highest BCUT2D eigenvalue weighted by Gasteiger charge is 2.15. The Morgan fingerprint density at radius 1 is 1.11 bits per heavy atom. The molecule has 0 saturated carbocycles. The predicted molar refractivity (Wildman–Crippen MR) is 99.0 cm³/mol. The van der Waals surface area contributed by atoms with E-state index in [1.807, 2.05) is 6.07 Å². The maximum atomic E-state index is 13.7. The molecule has 0 radical (unpaired) electrons. The van der Waals surface area contributed by atoms with Gasteiger partial charge in [-0.05, 0) is 30.3 Å². The minimum Gasteiger partial charge on any atom is -0.458 e. The summed E-state index contributed by atoms with van der Waals surface area (Å²) in [4.78, 5) is 12.2. The second-order valence-electron chi connectivity index (χ2n) is 5.59. The number of halogens is 1. The smallest absolute Gasteiger partial charge is 0.258 e. The van der Waals surface area contributed by atoms with Gasteiger partial charge in [-0.15, -0.1) is 0 Å². The van der Waals surface area contributed by atoms with Crippen molar-refractivity contribution >= 4 is 23.4 Å². The van der Waals surface area contributed by atoms with Crippen LogP contribution >= 0.6 is 0 Å². The Morgan fingerprint density at radius 3 is 2.61 bits per heavy atom. The largest absolute Gasteiger partial charge is 0.458 e. The first-order valence-electron chi connectivity index (χ1n) is 7.98. The topological polar surface area (TPSA) is 123 Å². The average Bonchev–Trinajstić information content (AvgIpc) is 3.18. The molecule has 0 aliphatic carbocycles. The number of rotatable bonds is 4. The summed E-state index contributed by atoms with van der Waals surface area (Å²) in [6, 6.07) is 14.9. The zero-order chi connectivity index (χ0) is 20.1. The van der Waals surface area contributed by atoms with Gasteiger partial charge in [-0.25, -0.2) is 4.39 Å². The Bertz CT molecular complexity index is 1110. The molecule has 1 aromatic heterocycles. The molecule has 2 aromatic carbocycles. The van der Waals surface area contributed by atoms with Crippen molar-refractivity contribution in [2.75, 3.05) is 5.32 Å². The van der Waals surface area contributed by atoms with Crippen molar-refractivity contribution in [1.29, 1.82) is 16.1 Å². The van der Waals surface area contributed by atoms with Crippen molar-refractivity contribution in [3.05, 3.63) is 89.1 Å². The van der Waals surface area contributed by atoms with E-state index in [1.165, 1.54) is 36.6 Å². The first-order valence-corrected chi connectivity index (χ1v) is 7.98. The van der Waals surface area contributed by atoms with Crippen LogP contribution in [0.5, 0.6) is 0 Å². The van der Waals surface area contributed by atoms with Crippen LogP contribution in [0.1, 0.15) is 27.2 Å². The summed E-state index contributed by atoms with van der Waals surface area (Å²) in [7, 11) is 0. The molecule has 0 saturated heterocycles. The molecule has 138 valence electrons. The fourth-order valence-electron chi connectivity index (χ4n) is 2.31. The van der Waals surface area contributed by atoms with Gasteiger partial charge < -0.3 is 14.5 Å². The van der Waals surface area contributed by atoms with E-state index in [0.29, 0.717) is 5.69 Å². The number of ether oxygens (including phenoxy) is 1. The average molecular weight is 376 g/mol. The standard InChI is InChI=1S/C20H13FN4O3/c21-16-7-2-1-6-15(16)20(26)25-14-5-3-4-13(9-14)18(23)28-19(24)17-8-12(10-22)11-27-17/h1-9,11,23-24H,(H,25,26). The van der Waals surface area contributed by atoms with E-state index < -0.39 is 17.6 Å². The lowest BCUT2D eigenvalue weighted by atomic mass is 10.1. The molecule has 7 nitrogen and oxygen atoms in total.